The summed E-state index contributed by atoms with van der Waals surface area (Å²) in [6, 6.07) is 16.4. The Hall–Kier alpha value is -3.35. The molecule has 0 aliphatic carbocycles. The lowest BCUT2D eigenvalue weighted by Gasteiger charge is -2.10. The summed E-state index contributed by atoms with van der Waals surface area (Å²) in [4.78, 5) is 12.0. The molecular weight excluding hydrogens is 348 g/mol. The number of carbonyl (C=O) groups is 1. The van der Waals surface area contributed by atoms with Crippen LogP contribution in [0.3, 0.4) is 0 Å². The molecule has 0 saturated carbocycles. The molecule has 1 atom stereocenters. The van der Waals surface area contributed by atoms with Crippen molar-refractivity contribution in [2.45, 2.75) is 20.0 Å². The van der Waals surface area contributed by atoms with Gasteiger partial charge in [0.2, 0.25) is 5.89 Å². The summed E-state index contributed by atoms with van der Waals surface area (Å²) in [6.45, 7) is 3.94. The third kappa shape index (κ3) is 5.07. The summed E-state index contributed by atoms with van der Waals surface area (Å²) in [5, 5.41) is 7.92. The van der Waals surface area contributed by atoms with Crippen LogP contribution in [0.1, 0.15) is 25.8 Å². The van der Waals surface area contributed by atoms with Crippen LogP contribution >= 0.6 is 0 Å². The molecule has 0 N–H and O–H groups in total. The summed E-state index contributed by atoms with van der Waals surface area (Å²) in [5.74, 6) is 1.36. The second-order valence-electron chi connectivity index (χ2n) is 5.64. The van der Waals surface area contributed by atoms with Crippen LogP contribution in [0.5, 0.6) is 11.5 Å². The maximum atomic E-state index is 12.0. The molecule has 1 aromatic heterocycles. The van der Waals surface area contributed by atoms with Gasteiger partial charge in [-0.05, 0) is 50.2 Å². The van der Waals surface area contributed by atoms with Gasteiger partial charge in [0.1, 0.15) is 11.5 Å². The van der Waals surface area contributed by atoms with E-state index in [1.807, 2.05) is 37.3 Å². The zero-order valence-electron chi connectivity index (χ0n) is 15.1. The van der Waals surface area contributed by atoms with E-state index in [2.05, 4.69) is 10.2 Å². The molecule has 0 amide bonds. The first-order valence-electron chi connectivity index (χ1n) is 8.59. The predicted octanol–water partition coefficient (Wildman–Crippen LogP) is 3.82. The monoisotopic (exact) mass is 368 g/mol. The van der Waals surface area contributed by atoms with E-state index in [-0.39, 0.29) is 12.5 Å². The molecule has 1 heterocycles. The molecule has 7 nitrogen and oxygen atoms in total. The fourth-order valence-corrected chi connectivity index (χ4v) is 2.32. The quantitative estimate of drug-likeness (QED) is 0.559. The van der Waals surface area contributed by atoms with E-state index in [9.17, 15) is 4.79 Å². The van der Waals surface area contributed by atoms with Gasteiger partial charge in [-0.1, -0.05) is 18.2 Å². The maximum absolute atomic E-state index is 12.0. The number of aromatic nitrogens is 2. The fourth-order valence-electron chi connectivity index (χ4n) is 2.32. The van der Waals surface area contributed by atoms with Crippen molar-refractivity contribution >= 4 is 5.97 Å². The highest BCUT2D eigenvalue weighted by Crippen LogP contribution is 2.22. The molecule has 0 fully saturated rings. The summed E-state index contributed by atoms with van der Waals surface area (Å²) in [6.07, 6.45) is -0.675. The van der Waals surface area contributed by atoms with Crippen LogP contribution < -0.4 is 9.47 Å². The number of hydrogen-bond acceptors (Lipinski definition) is 7. The third-order valence-corrected chi connectivity index (χ3v) is 3.61. The SMILES string of the molecule is CCOc1ccc(OCC(=O)O[C@H](C)c2nnc(-c3ccccc3)o2)cc1. The van der Waals surface area contributed by atoms with E-state index in [1.54, 1.807) is 31.2 Å². The van der Waals surface area contributed by atoms with Crippen LogP contribution in [-0.2, 0) is 9.53 Å². The Kier molecular flexibility index (Phi) is 6.04. The molecule has 3 rings (SSSR count). The first kappa shape index (κ1) is 18.4. The molecule has 140 valence electrons. The Bertz CT molecular complexity index is 862. The average Bonchev–Trinajstić information content (AvgIpc) is 3.19. The smallest absolute Gasteiger partial charge is 0.344 e. The molecule has 7 heteroatoms. The Morgan fingerprint density at radius 2 is 1.67 bits per heavy atom. The van der Waals surface area contributed by atoms with Crippen molar-refractivity contribution in [1.29, 1.82) is 0 Å². The fraction of sp³-hybridized carbons (Fsp3) is 0.250. The number of carbonyl (C=O) groups excluding carboxylic acids is 1. The van der Waals surface area contributed by atoms with Crippen molar-refractivity contribution in [2.24, 2.45) is 0 Å². The number of rotatable bonds is 8. The molecular formula is C20H20N2O5. The molecule has 0 bridgehead atoms. The minimum Gasteiger partial charge on any atom is -0.494 e. The number of nitrogens with zero attached hydrogens (tertiary/aromatic N) is 2. The van der Waals surface area contributed by atoms with E-state index in [0.29, 0.717) is 18.2 Å². The van der Waals surface area contributed by atoms with Gasteiger partial charge in [-0.15, -0.1) is 10.2 Å². The van der Waals surface area contributed by atoms with Crippen LogP contribution in [0.25, 0.3) is 11.5 Å². The number of hydrogen-bond donors (Lipinski definition) is 0. The topological polar surface area (TPSA) is 83.7 Å². The van der Waals surface area contributed by atoms with Crippen molar-refractivity contribution in [3.63, 3.8) is 0 Å². The molecule has 2 aromatic carbocycles. The van der Waals surface area contributed by atoms with Crippen molar-refractivity contribution in [2.75, 3.05) is 13.2 Å². The number of benzene rings is 2. The molecule has 0 aliphatic heterocycles. The molecule has 0 saturated heterocycles. The van der Waals surface area contributed by atoms with Gasteiger partial charge in [0.05, 0.1) is 6.61 Å². The maximum Gasteiger partial charge on any atom is 0.344 e. The molecule has 0 unspecified atom stereocenters. The normalized spacial score (nSPS) is 11.6. The van der Waals surface area contributed by atoms with Gasteiger partial charge in [-0.25, -0.2) is 4.79 Å². The highest BCUT2D eigenvalue weighted by Gasteiger charge is 2.19. The Labute approximate surface area is 156 Å². The lowest BCUT2D eigenvalue weighted by molar-refractivity contribution is -0.152. The largest absolute Gasteiger partial charge is 0.494 e. The minimum atomic E-state index is -0.675. The summed E-state index contributed by atoms with van der Waals surface area (Å²) in [5.41, 5.74) is 0.800. The van der Waals surface area contributed by atoms with Crippen molar-refractivity contribution in [3.05, 3.63) is 60.5 Å². The zero-order chi connectivity index (χ0) is 19.1. The minimum absolute atomic E-state index is 0.224. The van der Waals surface area contributed by atoms with Gasteiger partial charge < -0.3 is 18.6 Å². The van der Waals surface area contributed by atoms with Gasteiger partial charge in [-0.3, -0.25) is 0 Å². The Morgan fingerprint density at radius 3 is 2.33 bits per heavy atom. The van der Waals surface area contributed by atoms with Crippen LogP contribution in [0.2, 0.25) is 0 Å². The van der Waals surface area contributed by atoms with Crippen molar-refractivity contribution in [1.82, 2.24) is 10.2 Å². The summed E-state index contributed by atoms with van der Waals surface area (Å²) in [7, 11) is 0. The average molecular weight is 368 g/mol. The van der Waals surface area contributed by atoms with Gasteiger partial charge in [0.25, 0.3) is 5.89 Å². The van der Waals surface area contributed by atoms with Crippen LogP contribution in [0.4, 0.5) is 0 Å². The highest BCUT2D eigenvalue weighted by atomic mass is 16.6. The zero-order valence-corrected chi connectivity index (χ0v) is 15.1. The van der Waals surface area contributed by atoms with Crippen molar-refractivity contribution < 1.29 is 23.4 Å². The van der Waals surface area contributed by atoms with Crippen molar-refractivity contribution in [3.8, 4) is 23.0 Å². The molecule has 0 aliphatic rings. The van der Waals surface area contributed by atoms with Crippen LogP contribution in [0.15, 0.2) is 59.0 Å². The first-order chi connectivity index (χ1) is 13.2. The summed E-state index contributed by atoms with van der Waals surface area (Å²) >= 11 is 0. The van der Waals surface area contributed by atoms with Crippen LogP contribution in [-0.4, -0.2) is 29.4 Å². The molecule has 27 heavy (non-hydrogen) atoms. The standard InChI is InChI=1S/C20H20N2O5/c1-3-24-16-9-11-17(12-10-16)25-13-18(23)26-14(2)19-21-22-20(27-19)15-7-5-4-6-8-15/h4-12,14H,3,13H2,1-2H3/t14-/m1/s1. The molecule has 3 aromatic rings. The van der Waals surface area contributed by atoms with Gasteiger partial charge in [-0.2, -0.15) is 0 Å². The Morgan fingerprint density at radius 1 is 1.00 bits per heavy atom. The number of ether oxygens (including phenoxy) is 3. The lowest BCUT2D eigenvalue weighted by Crippen LogP contribution is -2.17. The highest BCUT2D eigenvalue weighted by molar-refractivity contribution is 5.71. The molecule has 0 radical (unpaired) electrons. The third-order valence-electron chi connectivity index (χ3n) is 3.61. The number of esters is 1. The van der Waals surface area contributed by atoms with Gasteiger partial charge in [0.15, 0.2) is 12.7 Å². The second kappa shape index (κ2) is 8.84. The molecule has 0 spiro atoms. The van der Waals surface area contributed by atoms with Gasteiger partial charge in [0, 0.05) is 5.56 Å². The first-order valence-corrected chi connectivity index (χ1v) is 8.59. The summed E-state index contributed by atoms with van der Waals surface area (Å²) < 4.78 is 21.6. The van der Waals surface area contributed by atoms with E-state index >= 15 is 0 Å². The van der Waals surface area contributed by atoms with E-state index < -0.39 is 12.1 Å². The second-order valence-corrected chi connectivity index (χ2v) is 5.64. The van der Waals surface area contributed by atoms with Crippen LogP contribution in [0, 0.1) is 0 Å². The van der Waals surface area contributed by atoms with Gasteiger partial charge >= 0.3 is 5.97 Å². The Balaban J connectivity index is 1.51. The van der Waals surface area contributed by atoms with E-state index in [4.69, 9.17) is 18.6 Å². The predicted molar refractivity (Wildman–Crippen MR) is 97.3 cm³/mol. The van der Waals surface area contributed by atoms with E-state index in [1.165, 1.54) is 0 Å². The lowest BCUT2D eigenvalue weighted by atomic mass is 10.2. The van der Waals surface area contributed by atoms with E-state index in [0.717, 1.165) is 11.3 Å².